The lowest BCUT2D eigenvalue weighted by Gasteiger charge is -2.20. The van der Waals surface area contributed by atoms with Crippen LogP contribution in [0.5, 0.6) is 5.75 Å². The Kier molecular flexibility index (Phi) is 3.19. The average molecular weight is 224 g/mol. The van der Waals surface area contributed by atoms with Crippen LogP contribution in [0.3, 0.4) is 0 Å². The van der Waals surface area contributed by atoms with Gasteiger partial charge in [0.05, 0.1) is 15.2 Å². The fourth-order valence-corrected chi connectivity index (χ4v) is 3.12. The van der Waals surface area contributed by atoms with Gasteiger partial charge in [-0.2, -0.15) is 0 Å². The third-order valence-corrected chi connectivity index (χ3v) is 4.30. The molecule has 1 N–H and O–H groups in total. The summed E-state index contributed by atoms with van der Waals surface area (Å²) in [5, 5.41) is 10.1. The van der Waals surface area contributed by atoms with Crippen molar-refractivity contribution < 1.29 is 14.6 Å². The topological polar surface area (TPSA) is 46.5 Å². The van der Waals surface area contributed by atoms with Gasteiger partial charge in [-0.25, -0.2) is 4.79 Å². The molecule has 0 aromatic heterocycles. The van der Waals surface area contributed by atoms with E-state index >= 15 is 0 Å². The highest BCUT2D eigenvalue weighted by Gasteiger charge is 2.25. The van der Waals surface area contributed by atoms with Crippen molar-refractivity contribution in [3.8, 4) is 5.75 Å². The molecular weight excluding hydrogens is 208 g/mol. The van der Waals surface area contributed by atoms with Gasteiger partial charge in [0, 0.05) is 0 Å². The van der Waals surface area contributed by atoms with Crippen LogP contribution in [0.15, 0.2) is 18.2 Å². The molecule has 0 aliphatic rings. The summed E-state index contributed by atoms with van der Waals surface area (Å²) in [4.78, 5) is 11.2. The molecular formula is C11H16O3Si. The van der Waals surface area contributed by atoms with Gasteiger partial charge in [-0.1, -0.05) is 31.8 Å². The Hall–Kier alpha value is -1.29. The molecule has 4 heteroatoms. The minimum atomic E-state index is -1.65. The summed E-state index contributed by atoms with van der Waals surface area (Å²) in [6, 6.07) is 5.42. The largest absolute Gasteiger partial charge is 0.496 e. The van der Waals surface area contributed by atoms with Crippen LogP contribution in [-0.2, 0) is 0 Å². The van der Waals surface area contributed by atoms with Crippen molar-refractivity contribution in [2.75, 3.05) is 7.11 Å². The van der Waals surface area contributed by atoms with E-state index in [0.717, 1.165) is 5.19 Å². The fraction of sp³-hybridized carbons (Fsp3) is 0.364. The average Bonchev–Trinajstić information content (AvgIpc) is 2.15. The summed E-state index contributed by atoms with van der Waals surface area (Å²) in [6.07, 6.45) is 0. The number of carboxylic acid groups (broad SMARTS) is 1. The Bertz CT molecular complexity index is 380. The number of ether oxygens (including phenoxy) is 1. The predicted molar refractivity (Wildman–Crippen MR) is 62.9 cm³/mol. The van der Waals surface area contributed by atoms with E-state index < -0.39 is 14.0 Å². The summed E-state index contributed by atoms with van der Waals surface area (Å²) < 4.78 is 5.08. The molecule has 0 radical (unpaired) electrons. The number of aromatic carboxylic acids is 1. The van der Waals surface area contributed by atoms with Crippen LogP contribution in [0.25, 0.3) is 0 Å². The molecule has 0 saturated heterocycles. The molecule has 1 aromatic rings. The smallest absolute Gasteiger partial charge is 0.339 e. The SMILES string of the molecule is COc1cccc([Si](C)(C)C)c1C(=O)O. The molecule has 0 saturated carbocycles. The molecule has 3 nitrogen and oxygen atoms in total. The van der Waals surface area contributed by atoms with E-state index in [4.69, 9.17) is 4.74 Å². The highest BCUT2D eigenvalue weighted by atomic mass is 28.3. The van der Waals surface area contributed by atoms with Crippen LogP contribution >= 0.6 is 0 Å². The van der Waals surface area contributed by atoms with Gasteiger partial charge in [-0.15, -0.1) is 0 Å². The van der Waals surface area contributed by atoms with Gasteiger partial charge in [-0.05, 0) is 11.3 Å². The molecule has 1 rings (SSSR count). The molecule has 82 valence electrons. The molecule has 0 bridgehead atoms. The number of carboxylic acids is 1. The highest BCUT2D eigenvalue weighted by Crippen LogP contribution is 2.19. The van der Waals surface area contributed by atoms with E-state index in [0.29, 0.717) is 11.3 Å². The number of benzene rings is 1. The van der Waals surface area contributed by atoms with Crippen molar-refractivity contribution in [3.05, 3.63) is 23.8 Å². The summed E-state index contributed by atoms with van der Waals surface area (Å²) in [7, 11) is -0.153. The lowest BCUT2D eigenvalue weighted by molar-refractivity contribution is 0.0695. The minimum Gasteiger partial charge on any atom is -0.496 e. The quantitative estimate of drug-likeness (QED) is 0.798. The first-order valence-corrected chi connectivity index (χ1v) is 8.28. The molecule has 1 aromatic carbocycles. The van der Waals surface area contributed by atoms with E-state index in [1.807, 2.05) is 12.1 Å². The van der Waals surface area contributed by atoms with Crippen molar-refractivity contribution >= 4 is 19.2 Å². The Morgan fingerprint density at radius 1 is 1.33 bits per heavy atom. The van der Waals surface area contributed by atoms with Gasteiger partial charge in [0.1, 0.15) is 11.3 Å². The Labute approximate surface area is 90.7 Å². The summed E-state index contributed by atoms with van der Waals surface area (Å²) in [5.41, 5.74) is 0.319. The van der Waals surface area contributed by atoms with Crippen LogP contribution in [0.2, 0.25) is 19.6 Å². The van der Waals surface area contributed by atoms with Crippen LogP contribution in [0, 0.1) is 0 Å². The van der Waals surface area contributed by atoms with E-state index in [9.17, 15) is 9.90 Å². The van der Waals surface area contributed by atoms with Gasteiger partial charge < -0.3 is 9.84 Å². The van der Waals surface area contributed by atoms with Gasteiger partial charge in [0.15, 0.2) is 0 Å². The molecule has 0 unspecified atom stereocenters. The van der Waals surface area contributed by atoms with E-state index in [2.05, 4.69) is 19.6 Å². The first kappa shape index (κ1) is 11.8. The van der Waals surface area contributed by atoms with Crippen molar-refractivity contribution in [2.24, 2.45) is 0 Å². The Balaban J connectivity index is 3.46. The van der Waals surface area contributed by atoms with Gasteiger partial charge in [0.2, 0.25) is 0 Å². The lowest BCUT2D eigenvalue weighted by Crippen LogP contribution is -2.41. The van der Waals surface area contributed by atoms with Crippen molar-refractivity contribution in [1.82, 2.24) is 0 Å². The maximum Gasteiger partial charge on any atom is 0.339 e. The van der Waals surface area contributed by atoms with Crippen molar-refractivity contribution in [1.29, 1.82) is 0 Å². The van der Waals surface area contributed by atoms with E-state index in [1.165, 1.54) is 7.11 Å². The van der Waals surface area contributed by atoms with Crippen LogP contribution in [-0.4, -0.2) is 26.3 Å². The molecule has 0 atom stereocenters. The number of hydrogen-bond donors (Lipinski definition) is 1. The lowest BCUT2D eigenvalue weighted by atomic mass is 10.2. The second kappa shape index (κ2) is 4.06. The zero-order valence-electron chi connectivity index (χ0n) is 9.50. The monoisotopic (exact) mass is 224 g/mol. The second-order valence-electron chi connectivity index (χ2n) is 4.44. The third-order valence-electron chi connectivity index (χ3n) is 2.27. The Morgan fingerprint density at radius 3 is 2.33 bits per heavy atom. The van der Waals surface area contributed by atoms with Crippen molar-refractivity contribution in [3.63, 3.8) is 0 Å². The molecule has 0 aliphatic carbocycles. The molecule has 15 heavy (non-hydrogen) atoms. The molecule has 0 heterocycles. The fourth-order valence-electron chi connectivity index (χ4n) is 1.55. The summed E-state index contributed by atoms with van der Waals surface area (Å²) in [5.74, 6) is -0.465. The number of rotatable bonds is 3. The second-order valence-corrected chi connectivity index (χ2v) is 9.48. The summed E-state index contributed by atoms with van der Waals surface area (Å²) >= 11 is 0. The molecule has 0 fully saturated rings. The normalized spacial score (nSPS) is 11.2. The molecule has 0 spiro atoms. The van der Waals surface area contributed by atoms with E-state index in [1.54, 1.807) is 6.07 Å². The molecule has 0 amide bonds. The maximum absolute atomic E-state index is 11.2. The number of methoxy groups -OCH3 is 1. The third kappa shape index (κ3) is 2.39. The standard InChI is InChI=1S/C11H16O3Si/c1-14-8-6-5-7-9(15(2,3)4)10(8)11(12)13/h5-7H,1-4H3,(H,12,13). The van der Waals surface area contributed by atoms with Gasteiger partial charge >= 0.3 is 5.97 Å². The van der Waals surface area contributed by atoms with Crippen LogP contribution < -0.4 is 9.92 Å². The zero-order valence-corrected chi connectivity index (χ0v) is 10.5. The van der Waals surface area contributed by atoms with Gasteiger partial charge in [0.25, 0.3) is 0 Å². The van der Waals surface area contributed by atoms with Crippen molar-refractivity contribution in [2.45, 2.75) is 19.6 Å². The van der Waals surface area contributed by atoms with Crippen LogP contribution in [0.1, 0.15) is 10.4 Å². The summed E-state index contributed by atoms with van der Waals surface area (Å²) in [6.45, 7) is 6.36. The number of carbonyl (C=O) groups is 1. The zero-order chi connectivity index (χ0) is 11.6. The van der Waals surface area contributed by atoms with Gasteiger partial charge in [-0.3, -0.25) is 0 Å². The maximum atomic E-state index is 11.2. The predicted octanol–water partition coefficient (Wildman–Crippen LogP) is 1.94. The van der Waals surface area contributed by atoms with Crippen LogP contribution in [0.4, 0.5) is 0 Å². The Morgan fingerprint density at radius 2 is 1.93 bits per heavy atom. The highest BCUT2D eigenvalue weighted by molar-refractivity contribution is 6.89. The van der Waals surface area contributed by atoms with E-state index in [-0.39, 0.29) is 0 Å². The first-order valence-electron chi connectivity index (χ1n) is 4.78. The number of hydrogen-bond acceptors (Lipinski definition) is 2. The first-order chi connectivity index (χ1) is 6.88. The molecule has 0 aliphatic heterocycles. The minimum absolute atomic E-state index is 0.319.